The van der Waals surface area contributed by atoms with E-state index in [2.05, 4.69) is 10.3 Å². The van der Waals surface area contributed by atoms with Crippen LogP contribution in [0.4, 0.5) is 4.39 Å². The van der Waals surface area contributed by atoms with Gasteiger partial charge in [-0.15, -0.1) is 11.3 Å². The van der Waals surface area contributed by atoms with Crippen LogP contribution in [-0.2, 0) is 14.3 Å². The van der Waals surface area contributed by atoms with E-state index in [1.807, 2.05) is 5.38 Å². The SMILES string of the molecule is CCOC(=O)C1=C([C@H]2CC[C@H](C(=O)O)CC2)NC(c2nccs2)=NC1c1cccc(F)c1Cl. The number of aliphatic imine (C=N–C) groups is 1. The molecule has 33 heavy (non-hydrogen) atoms. The topological polar surface area (TPSA) is 101 Å². The van der Waals surface area contributed by atoms with E-state index in [4.69, 9.17) is 21.3 Å². The molecule has 1 unspecified atom stereocenters. The number of halogens is 2. The number of aromatic nitrogens is 1. The quantitative estimate of drug-likeness (QED) is 0.566. The van der Waals surface area contributed by atoms with Gasteiger partial charge >= 0.3 is 11.9 Å². The molecular formula is C23H23ClFN3O4S. The van der Waals surface area contributed by atoms with Crippen molar-refractivity contribution in [3.8, 4) is 0 Å². The number of amidine groups is 1. The predicted octanol–water partition coefficient (Wildman–Crippen LogP) is 4.73. The van der Waals surface area contributed by atoms with Crippen LogP contribution < -0.4 is 5.32 Å². The molecule has 1 aromatic carbocycles. The summed E-state index contributed by atoms with van der Waals surface area (Å²) in [6.45, 7) is 1.87. The maximum atomic E-state index is 14.4. The lowest BCUT2D eigenvalue weighted by molar-refractivity contribution is -0.143. The summed E-state index contributed by atoms with van der Waals surface area (Å²) >= 11 is 7.69. The molecule has 1 atom stereocenters. The number of hydrogen-bond donors (Lipinski definition) is 2. The first-order valence-corrected chi connectivity index (χ1v) is 12.0. The van der Waals surface area contributed by atoms with Gasteiger partial charge in [0.15, 0.2) is 10.8 Å². The lowest BCUT2D eigenvalue weighted by Crippen LogP contribution is -2.38. The number of esters is 1. The third-order valence-electron chi connectivity index (χ3n) is 5.97. The van der Waals surface area contributed by atoms with E-state index in [0.29, 0.717) is 47.8 Å². The lowest BCUT2D eigenvalue weighted by atomic mass is 9.78. The van der Waals surface area contributed by atoms with Gasteiger partial charge in [-0.2, -0.15) is 0 Å². The molecule has 7 nitrogen and oxygen atoms in total. The van der Waals surface area contributed by atoms with E-state index < -0.39 is 29.7 Å². The molecular weight excluding hydrogens is 469 g/mol. The smallest absolute Gasteiger partial charge is 0.338 e. The second-order valence-corrected chi connectivity index (χ2v) is 9.19. The fourth-order valence-corrected chi connectivity index (χ4v) is 5.17. The summed E-state index contributed by atoms with van der Waals surface area (Å²) in [5.41, 5.74) is 1.23. The number of aliphatic carboxylic acids is 1. The monoisotopic (exact) mass is 491 g/mol. The average Bonchev–Trinajstić information content (AvgIpc) is 3.35. The van der Waals surface area contributed by atoms with Crippen molar-refractivity contribution in [1.29, 1.82) is 0 Å². The van der Waals surface area contributed by atoms with Crippen LogP contribution in [0.3, 0.4) is 0 Å². The first kappa shape index (κ1) is 23.4. The molecule has 1 aliphatic heterocycles. The number of benzene rings is 1. The van der Waals surface area contributed by atoms with Crippen LogP contribution in [0.1, 0.15) is 49.2 Å². The van der Waals surface area contributed by atoms with Gasteiger partial charge in [-0.1, -0.05) is 23.7 Å². The molecule has 1 fully saturated rings. The largest absolute Gasteiger partial charge is 0.481 e. The van der Waals surface area contributed by atoms with Crippen molar-refractivity contribution >= 4 is 40.7 Å². The van der Waals surface area contributed by atoms with Crippen molar-refractivity contribution in [2.24, 2.45) is 16.8 Å². The summed E-state index contributed by atoms with van der Waals surface area (Å²) in [4.78, 5) is 33.6. The van der Waals surface area contributed by atoms with Gasteiger partial charge in [0.05, 0.1) is 23.1 Å². The van der Waals surface area contributed by atoms with Crippen LogP contribution in [0.5, 0.6) is 0 Å². The molecule has 10 heteroatoms. The Morgan fingerprint density at radius 3 is 2.70 bits per heavy atom. The molecule has 2 N–H and O–H groups in total. The molecule has 0 radical (unpaired) electrons. The maximum absolute atomic E-state index is 14.4. The summed E-state index contributed by atoms with van der Waals surface area (Å²) in [6.07, 6.45) is 3.80. The number of allylic oxidation sites excluding steroid dienone is 1. The predicted molar refractivity (Wildman–Crippen MR) is 123 cm³/mol. The van der Waals surface area contributed by atoms with Gasteiger partial charge in [-0.05, 0) is 44.6 Å². The Morgan fingerprint density at radius 2 is 2.06 bits per heavy atom. The van der Waals surface area contributed by atoms with Crippen LogP contribution in [0.2, 0.25) is 5.02 Å². The highest BCUT2D eigenvalue weighted by Crippen LogP contribution is 2.42. The number of ether oxygens (including phenoxy) is 1. The molecule has 0 spiro atoms. The highest BCUT2D eigenvalue weighted by atomic mass is 35.5. The van der Waals surface area contributed by atoms with Gasteiger partial charge in [0.25, 0.3) is 0 Å². The van der Waals surface area contributed by atoms with Crippen LogP contribution in [-0.4, -0.2) is 34.5 Å². The number of rotatable bonds is 6. The van der Waals surface area contributed by atoms with Crippen molar-refractivity contribution in [2.45, 2.75) is 38.6 Å². The zero-order valence-electron chi connectivity index (χ0n) is 17.9. The zero-order chi connectivity index (χ0) is 23.5. The Balaban J connectivity index is 1.83. The highest BCUT2D eigenvalue weighted by Gasteiger charge is 2.38. The fraction of sp³-hybridized carbons (Fsp3) is 0.391. The number of hydrogen-bond acceptors (Lipinski definition) is 7. The minimum atomic E-state index is -0.889. The van der Waals surface area contributed by atoms with E-state index in [-0.39, 0.29) is 23.1 Å². The van der Waals surface area contributed by atoms with Crippen LogP contribution in [0, 0.1) is 17.7 Å². The van der Waals surface area contributed by atoms with Crippen LogP contribution in [0.25, 0.3) is 0 Å². The second-order valence-electron chi connectivity index (χ2n) is 7.92. The molecule has 1 saturated carbocycles. The summed E-state index contributed by atoms with van der Waals surface area (Å²) in [6, 6.07) is 3.53. The molecule has 174 valence electrons. The summed E-state index contributed by atoms with van der Waals surface area (Å²) in [5, 5.41) is 15.0. The van der Waals surface area contributed by atoms with Crippen LogP contribution in [0.15, 0.2) is 46.0 Å². The van der Waals surface area contributed by atoms with E-state index in [9.17, 15) is 19.1 Å². The number of nitrogens with zero attached hydrogens (tertiary/aromatic N) is 2. The van der Waals surface area contributed by atoms with E-state index >= 15 is 0 Å². The molecule has 1 aromatic heterocycles. The zero-order valence-corrected chi connectivity index (χ0v) is 19.5. The van der Waals surface area contributed by atoms with Gasteiger partial charge < -0.3 is 15.2 Å². The van der Waals surface area contributed by atoms with Crippen molar-refractivity contribution in [1.82, 2.24) is 10.3 Å². The minimum absolute atomic E-state index is 0.109. The molecule has 2 aliphatic rings. The third-order valence-corrected chi connectivity index (χ3v) is 7.14. The van der Waals surface area contributed by atoms with Gasteiger partial charge in [0, 0.05) is 22.8 Å². The molecule has 0 bridgehead atoms. The Hall–Kier alpha value is -2.78. The summed E-state index contributed by atoms with van der Waals surface area (Å²) < 4.78 is 19.7. The number of nitrogens with one attached hydrogen (secondary N) is 1. The van der Waals surface area contributed by atoms with Gasteiger partial charge in [-0.25, -0.2) is 14.2 Å². The molecule has 1 aliphatic carbocycles. The Kier molecular flexibility index (Phi) is 7.09. The van der Waals surface area contributed by atoms with Gasteiger partial charge in [0.2, 0.25) is 0 Å². The molecule has 2 heterocycles. The fourth-order valence-electron chi connectivity index (χ4n) is 4.36. The number of carbonyl (C=O) groups is 2. The van der Waals surface area contributed by atoms with Crippen molar-refractivity contribution in [2.75, 3.05) is 6.61 Å². The third kappa shape index (κ3) is 4.79. The van der Waals surface area contributed by atoms with E-state index in [1.165, 1.54) is 23.5 Å². The first-order valence-electron chi connectivity index (χ1n) is 10.7. The molecule has 2 aromatic rings. The number of carbonyl (C=O) groups excluding carboxylic acids is 1. The molecule has 4 rings (SSSR count). The standard InChI is InChI=1S/C23H23ClFN3O4S/c1-2-32-23(31)16-18(12-6-8-13(9-7-12)22(29)30)27-20(21-26-10-11-33-21)28-19(16)14-4-3-5-15(25)17(14)24/h3-5,10-13,19H,2,6-9H2,1H3,(H,27,28)(H,29,30)/t12-,13-,19?. The highest BCUT2D eigenvalue weighted by molar-refractivity contribution is 7.11. The van der Waals surface area contributed by atoms with Gasteiger partial charge in [0.1, 0.15) is 11.9 Å². The lowest BCUT2D eigenvalue weighted by Gasteiger charge is -2.34. The normalized spacial score (nSPS) is 23.0. The maximum Gasteiger partial charge on any atom is 0.338 e. The Labute approximate surface area is 199 Å². The summed E-state index contributed by atoms with van der Waals surface area (Å²) in [5.74, 6) is -2.03. The van der Waals surface area contributed by atoms with Crippen LogP contribution >= 0.6 is 22.9 Å². The van der Waals surface area contributed by atoms with E-state index in [0.717, 1.165) is 0 Å². The molecule has 0 saturated heterocycles. The Bertz CT molecular complexity index is 1110. The summed E-state index contributed by atoms with van der Waals surface area (Å²) in [7, 11) is 0. The minimum Gasteiger partial charge on any atom is -0.481 e. The van der Waals surface area contributed by atoms with Crippen molar-refractivity contribution < 1.29 is 23.8 Å². The number of carboxylic acids is 1. The van der Waals surface area contributed by atoms with Crippen molar-refractivity contribution in [3.63, 3.8) is 0 Å². The van der Waals surface area contributed by atoms with E-state index in [1.54, 1.807) is 19.2 Å². The number of carboxylic acid groups (broad SMARTS) is 1. The molecule has 0 amide bonds. The number of thiazole rings is 1. The van der Waals surface area contributed by atoms with Gasteiger partial charge in [-0.3, -0.25) is 9.79 Å². The first-order chi connectivity index (χ1) is 15.9. The van der Waals surface area contributed by atoms with Crippen molar-refractivity contribution in [3.05, 3.63) is 62.5 Å². The average molecular weight is 492 g/mol. The Morgan fingerprint density at radius 1 is 1.30 bits per heavy atom. The second kappa shape index (κ2) is 10.0.